The van der Waals surface area contributed by atoms with Gasteiger partial charge in [0.2, 0.25) is 0 Å². The molecule has 84 valence electrons. The van der Waals surface area contributed by atoms with E-state index in [9.17, 15) is 9.18 Å². The van der Waals surface area contributed by atoms with Crippen LogP contribution in [0.25, 0.3) is 0 Å². The first-order valence-corrected chi connectivity index (χ1v) is 5.83. The van der Waals surface area contributed by atoms with Crippen molar-refractivity contribution in [2.45, 2.75) is 37.8 Å². The largest absolute Gasteiger partial charge is 0.335 e. The van der Waals surface area contributed by atoms with Crippen LogP contribution in [0.15, 0.2) is 0 Å². The zero-order chi connectivity index (χ0) is 10.5. The first kappa shape index (κ1) is 9.43. The third-order valence-corrected chi connectivity index (χ3v) is 4.03. The van der Waals surface area contributed by atoms with Crippen LogP contribution in [0, 0.1) is 5.41 Å². The first-order chi connectivity index (χ1) is 7.11. The van der Waals surface area contributed by atoms with E-state index in [2.05, 4.69) is 5.32 Å². The van der Waals surface area contributed by atoms with Crippen LogP contribution in [0.5, 0.6) is 0 Å². The van der Waals surface area contributed by atoms with Crippen LogP contribution in [0.4, 0.5) is 9.18 Å². The third-order valence-electron chi connectivity index (χ3n) is 4.03. The fourth-order valence-corrected chi connectivity index (χ4v) is 2.35. The summed E-state index contributed by atoms with van der Waals surface area (Å²) < 4.78 is 13.3. The van der Waals surface area contributed by atoms with Crippen molar-refractivity contribution in [1.82, 2.24) is 10.2 Å². The molecular formula is C11H17FN2O. The molecule has 1 heterocycles. The monoisotopic (exact) mass is 212 g/mol. The summed E-state index contributed by atoms with van der Waals surface area (Å²) in [5.41, 5.74) is -0.614. The summed E-state index contributed by atoms with van der Waals surface area (Å²) in [5.74, 6) is 0. The summed E-state index contributed by atoms with van der Waals surface area (Å²) in [5, 5.41) is 2.70. The van der Waals surface area contributed by atoms with E-state index in [-0.39, 0.29) is 12.6 Å². The van der Waals surface area contributed by atoms with E-state index in [0.717, 1.165) is 19.5 Å². The van der Waals surface area contributed by atoms with Gasteiger partial charge in [0.15, 0.2) is 0 Å². The maximum Gasteiger partial charge on any atom is 0.317 e. The van der Waals surface area contributed by atoms with Gasteiger partial charge >= 0.3 is 6.03 Å². The highest BCUT2D eigenvalue weighted by atomic mass is 19.1. The van der Waals surface area contributed by atoms with Gasteiger partial charge in [-0.05, 0) is 37.5 Å². The smallest absolute Gasteiger partial charge is 0.317 e. The van der Waals surface area contributed by atoms with Crippen LogP contribution in [-0.4, -0.2) is 36.2 Å². The molecule has 1 aliphatic heterocycles. The molecule has 3 nitrogen and oxygen atoms in total. The summed E-state index contributed by atoms with van der Waals surface area (Å²) in [6, 6.07) is -0.0669. The minimum Gasteiger partial charge on any atom is -0.335 e. The van der Waals surface area contributed by atoms with Crippen LogP contribution in [0.3, 0.4) is 0 Å². The van der Waals surface area contributed by atoms with Gasteiger partial charge in [0.25, 0.3) is 0 Å². The molecule has 0 aromatic heterocycles. The fraction of sp³-hybridized carbons (Fsp3) is 0.909. The number of carbonyl (C=O) groups excluding carboxylic acids is 1. The van der Waals surface area contributed by atoms with Gasteiger partial charge in [0, 0.05) is 13.1 Å². The van der Waals surface area contributed by atoms with Gasteiger partial charge in [-0.3, -0.25) is 0 Å². The number of likely N-dealkylation sites (tertiary alicyclic amines) is 1. The second-order valence-electron chi connectivity index (χ2n) is 5.48. The summed E-state index contributed by atoms with van der Waals surface area (Å²) in [6.07, 6.45) is 4.89. The average Bonchev–Trinajstić information content (AvgIpc) is 3.06. The molecule has 2 amide bonds. The molecule has 0 aromatic carbocycles. The van der Waals surface area contributed by atoms with Crippen molar-refractivity contribution in [2.24, 2.45) is 5.41 Å². The standard InChI is InChI=1S/C11H17FN2O/c12-11(3-4-11)7-13-9(15)14-6-5-10(8-14)1-2-10/h1-8H2,(H,13,15). The number of hydrogen-bond donors (Lipinski definition) is 1. The highest BCUT2D eigenvalue weighted by Crippen LogP contribution is 2.52. The SMILES string of the molecule is O=C(NCC1(F)CC1)N1CCC2(CC2)C1. The van der Waals surface area contributed by atoms with E-state index >= 15 is 0 Å². The number of alkyl halides is 1. The van der Waals surface area contributed by atoms with Crippen molar-refractivity contribution in [2.75, 3.05) is 19.6 Å². The topological polar surface area (TPSA) is 32.3 Å². The van der Waals surface area contributed by atoms with E-state index in [1.807, 2.05) is 4.90 Å². The number of urea groups is 1. The van der Waals surface area contributed by atoms with Crippen LogP contribution < -0.4 is 5.32 Å². The molecule has 0 aromatic rings. The lowest BCUT2D eigenvalue weighted by atomic mass is 10.1. The zero-order valence-electron chi connectivity index (χ0n) is 8.89. The zero-order valence-corrected chi connectivity index (χ0v) is 8.89. The molecule has 2 saturated carbocycles. The minimum absolute atomic E-state index is 0.0669. The van der Waals surface area contributed by atoms with Crippen molar-refractivity contribution in [3.63, 3.8) is 0 Å². The molecule has 15 heavy (non-hydrogen) atoms. The van der Waals surface area contributed by atoms with Crippen molar-refractivity contribution in [3.8, 4) is 0 Å². The molecule has 0 unspecified atom stereocenters. The second-order valence-corrected chi connectivity index (χ2v) is 5.48. The van der Waals surface area contributed by atoms with Crippen molar-refractivity contribution in [3.05, 3.63) is 0 Å². The molecule has 3 rings (SSSR count). The van der Waals surface area contributed by atoms with Gasteiger partial charge in [-0.2, -0.15) is 0 Å². The number of hydrogen-bond acceptors (Lipinski definition) is 1. The molecule has 3 fully saturated rings. The highest BCUT2D eigenvalue weighted by molar-refractivity contribution is 5.74. The van der Waals surface area contributed by atoms with E-state index in [1.54, 1.807) is 0 Å². The average molecular weight is 212 g/mol. The number of nitrogens with one attached hydrogen (secondary N) is 1. The Labute approximate surface area is 89.0 Å². The molecular weight excluding hydrogens is 195 g/mol. The van der Waals surface area contributed by atoms with E-state index in [1.165, 1.54) is 12.8 Å². The Bertz CT molecular complexity index is 297. The Balaban J connectivity index is 1.48. The number of halogens is 1. The summed E-state index contributed by atoms with van der Waals surface area (Å²) in [6.45, 7) is 1.94. The predicted octanol–water partition coefficient (Wildman–Crippen LogP) is 1.68. The molecule has 1 N–H and O–H groups in total. The van der Waals surface area contributed by atoms with E-state index in [4.69, 9.17) is 0 Å². The molecule has 1 saturated heterocycles. The number of nitrogens with zero attached hydrogens (tertiary/aromatic N) is 1. The number of rotatable bonds is 2. The van der Waals surface area contributed by atoms with Crippen LogP contribution in [0.2, 0.25) is 0 Å². The lowest BCUT2D eigenvalue weighted by Gasteiger charge is -2.18. The maximum absolute atomic E-state index is 13.3. The quantitative estimate of drug-likeness (QED) is 0.742. The molecule has 4 heteroatoms. The fourth-order valence-electron chi connectivity index (χ4n) is 2.35. The van der Waals surface area contributed by atoms with E-state index in [0.29, 0.717) is 18.3 Å². The lowest BCUT2D eigenvalue weighted by molar-refractivity contribution is 0.199. The Kier molecular flexibility index (Phi) is 1.80. The van der Waals surface area contributed by atoms with Gasteiger partial charge in [0.05, 0.1) is 6.54 Å². The number of amides is 2. The van der Waals surface area contributed by atoms with Gasteiger partial charge in [-0.15, -0.1) is 0 Å². The molecule has 1 spiro atoms. The van der Waals surface area contributed by atoms with E-state index < -0.39 is 5.67 Å². The van der Waals surface area contributed by atoms with Gasteiger partial charge in [0.1, 0.15) is 5.67 Å². The Morgan fingerprint density at radius 2 is 2.00 bits per heavy atom. The van der Waals surface area contributed by atoms with Gasteiger partial charge in [-0.25, -0.2) is 9.18 Å². The summed E-state index contributed by atoms with van der Waals surface area (Å²) in [4.78, 5) is 13.5. The molecule has 0 bridgehead atoms. The van der Waals surface area contributed by atoms with Crippen molar-refractivity contribution in [1.29, 1.82) is 0 Å². The Morgan fingerprint density at radius 3 is 2.53 bits per heavy atom. The summed E-state index contributed by atoms with van der Waals surface area (Å²) in [7, 11) is 0. The van der Waals surface area contributed by atoms with Crippen LogP contribution in [-0.2, 0) is 0 Å². The van der Waals surface area contributed by atoms with Crippen LogP contribution >= 0.6 is 0 Å². The number of carbonyl (C=O) groups is 1. The molecule has 0 radical (unpaired) electrons. The normalized spacial score (nSPS) is 29.3. The maximum atomic E-state index is 13.3. The molecule has 0 atom stereocenters. The first-order valence-electron chi connectivity index (χ1n) is 5.83. The van der Waals surface area contributed by atoms with Crippen molar-refractivity contribution >= 4 is 6.03 Å². The minimum atomic E-state index is -1.08. The van der Waals surface area contributed by atoms with Crippen LogP contribution in [0.1, 0.15) is 32.1 Å². The summed E-state index contributed by atoms with van der Waals surface area (Å²) >= 11 is 0. The van der Waals surface area contributed by atoms with Gasteiger partial charge in [-0.1, -0.05) is 0 Å². The third kappa shape index (κ3) is 1.82. The lowest BCUT2D eigenvalue weighted by Crippen LogP contribution is -2.41. The predicted molar refractivity (Wildman–Crippen MR) is 54.3 cm³/mol. The molecule has 2 aliphatic carbocycles. The van der Waals surface area contributed by atoms with Crippen molar-refractivity contribution < 1.29 is 9.18 Å². The molecule has 3 aliphatic rings. The Hall–Kier alpha value is -0.800. The van der Waals surface area contributed by atoms with Gasteiger partial charge < -0.3 is 10.2 Å². The second kappa shape index (κ2) is 2.86. The highest BCUT2D eigenvalue weighted by Gasteiger charge is 2.49. The Morgan fingerprint density at radius 1 is 1.27 bits per heavy atom.